The van der Waals surface area contributed by atoms with E-state index in [0.717, 1.165) is 42.4 Å². The number of rotatable bonds is 7. The molecule has 162 valence electrons. The van der Waals surface area contributed by atoms with Crippen molar-refractivity contribution in [3.63, 3.8) is 0 Å². The lowest BCUT2D eigenvalue weighted by Gasteiger charge is -2.17. The van der Waals surface area contributed by atoms with Crippen LogP contribution in [0.25, 0.3) is 5.69 Å². The standard InChI is InChI=1S/C23H26ClN5OS/c1-16-19(24)11-8-12-20(16)25-22(30)17(2)31-23-27-26-21(15-28-13-6-7-14-28)29(23)18-9-4-3-5-10-18/h3-5,8-12,17H,6-7,13-15H2,1-2H3,(H,25,30). The molecule has 6 nitrogen and oxygen atoms in total. The van der Waals surface area contributed by atoms with Gasteiger partial charge in [-0.05, 0) is 69.6 Å². The smallest absolute Gasteiger partial charge is 0.237 e. The van der Waals surface area contributed by atoms with Gasteiger partial charge in [0.15, 0.2) is 11.0 Å². The van der Waals surface area contributed by atoms with Gasteiger partial charge in [0, 0.05) is 16.4 Å². The molecule has 1 unspecified atom stereocenters. The molecule has 4 rings (SSSR count). The highest BCUT2D eigenvalue weighted by atomic mass is 35.5. The molecule has 1 aliphatic rings. The summed E-state index contributed by atoms with van der Waals surface area (Å²) in [6.07, 6.45) is 2.45. The summed E-state index contributed by atoms with van der Waals surface area (Å²) < 4.78 is 2.07. The minimum atomic E-state index is -0.357. The number of thioether (sulfide) groups is 1. The molecule has 1 N–H and O–H groups in total. The van der Waals surface area contributed by atoms with E-state index >= 15 is 0 Å². The zero-order valence-corrected chi connectivity index (χ0v) is 19.3. The molecule has 0 spiro atoms. The lowest BCUT2D eigenvalue weighted by Crippen LogP contribution is -2.24. The van der Waals surface area contributed by atoms with Crippen LogP contribution in [0.2, 0.25) is 5.02 Å². The fourth-order valence-corrected chi connectivity index (χ4v) is 4.71. The lowest BCUT2D eigenvalue weighted by atomic mass is 10.2. The quantitative estimate of drug-likeness (QED) is 0.511. The lowest BCUT2D eigenvalue weighted by molar-refractivity contribution is -0.115. The van der Waals surface area contributed by atoms with E-state index in [1.807, 2.05) is 62.4 Å². The van der Waals surface area contributed by atoms with Gasteiger partial charge in [0.05, 0.1) is 11.8 Å². The summed E-state index contributed by atoms with van der Waals surface area (Å²) in [5.41, 5.74) is 2.58. The summed E-state index contributed by atoms with van der Waals surface area (Å²) in [6.45, 7) is 6.70. The van der Waals surface area contributed by atoms with Crippen molar-refractivity contribution >= 4 is 35.0 Å². The summed E-state index contributed by atoms with van der Waals surface area (Å²) in [6, 6.07) is 15.6. The molecule has 2 heterocycles. The van der Waals surface area contributed by atoms with E-state index in [9.17, 15) is 4.79 Å². The van der Waals surface area contributed by atoms with Crippen LogP contribution < -0.4 is 5.32 Å². The summed E-state index contributed by atoms with van der Waals surface area (Å²) in [5, 5.41) is 12.9. The number of halogens is 1. The van der Waals surface area contributed by atoms with Crippen LogP contribution in [-0.2, 0) is 11.3 Å². The van der Waals surface area contributed by atoms with Gasteiger partial charge in [0.25, 0.3) is 0 Å². The molecule has 3 aromatic rings. The Morgan fingerprint density at radius 3 is 2.61 bits per heavy atom. The normalized spacial score (nSPS) is 15.2. The summed E-state index contributed by atoms with van der Waals surface area (Å²) in [7, 11) is 0. The second-order valence-corrected chi connectivity index (χ2v) is 9.43. The van der Waals surface area contributed by atoms with Crippen LogP contribution in [0.4, 0.5) is 5.69 Å². The van der Waals surface area contributed by atoms with Gasteiger partial charge in [-0.3, -0.25) is 14.3 Å². The summed E-state index contributed by atoms with van der Waals surface area (Å²) in [5.74, 6) is 0.799. The van der Waals surface area contributed by atoms with Gasteiger partial charge in [-0.25, -0.2) is 0 Å². The molecule has 1 saturated heterocycles. The Labute approximate surface area is 192 Å². The average Bonchev–Trinajstić information content (AvgIpc) is 3.42. The number of carbonyl (C=O) groups is 1. The molecule has 1 atom stereocenters. The van der Waals surface area contributed by atoms with Gasteiger partial charge < -0.3 is 5.32 Å². The van der Waals surface area contributed by atoms with E-state index < -0.39 is 0 Å². The predicted octanol–water partition coefficient (Wildman–Crippen LogP) is 4.94. The fourth-order valence-electron chi connectivity index (χ4n) is 3.65. The number of likely N-dealkylation sites (tertiary alicyclic amines) is 1. The van der Waals surface area contributed by atoms with Crippen molar-refractivity contribution < 1.29 is 4.79 Å². The predicted molar refractivity (Wildman–Crippen MR) is 126 cm³/mol. The second kappa shape index (κ2) is 9.85. The highest BCUT2D eigenvalue weighted by Gasteiger charge is 2.23. The molecule has 1 fully saturated rings. The van der Waals surface area contributed by atoms with Crippen LogP contribution >= 0.6 is 23.4 Å². The Morgan fingerprint density at radius 2 is 1.87 bits per heavy atom. The zero-order chi connectivity index (χ0) is 21.8. The Balaban J connectivity index is 1.55. The number of nitrogens with one attached hydrogen (secondary N) is 1. The topological polar surface area (TPSA) is 63.1 Å². The van der Waals surface area contributed by atoms with Crippen LogP contribution in [0.1, 0.15) is 31.2 Å². The average molecular weight is 456 g/mol. The van der Waals surface area contributed by atoms with Gasteiger partial charge in [0.2, 0.25) is 5.91 Å². The van der Waals surface area contributed by atoms with Gasteiger partial charge in [0.1, 0.15) is 0 Å². The highest BCUT2D eigenvalue weighted by Crippen LogP contribution is 2.29. The number of aromatic nitrogens is 3. The summed E-state index contributed by atoms with van der Waals surface area (Å²) in [4.78, 5) is 15.3. The van der Waals surface area contributed by atoms with Crippen LogP contribution in [0.15, 0.2) is 53.7 Å². The molecular weight excluding hydrogens is 430 g/mol. The van der Waals surface area contributed by atoms with E-state index in [-0.39, 0.29) is 11.2 Å². The number of nitrogens with zero attached hydrogens (tertiary/aromatic N) is 4. The van der Waals surface area contributed by atoms with E-state index in [4.69, 9.17) is 11.6 Å². The third-order valence-electron chi connectivity index (χ3n) is 5.46. The molecule has 8 heteroatoms. The summed E-state index contributed by atoms with van der Waals surface area (Å²) >= 11 is 7.59. The third kappa shape index (κ3) is 5.11. The van der Waals surface area contributed by atoms with Crippen molar-refractivity contribution in [3.8, 4) is 5.69 Å². The van der Waals surface area contributed by atoms with E-state index in [0.29, 0.717) is 10.2 Å². The first-order valence-corrected chi connectivity index (χ1v) is 11.7. The highest BCUT2D eigenvalue weighted by molar-refractivity contribution is 8.00. The van der Waals surface area contributed by atoms with Gasteiger partial charge in [-0.15, -0.1) is 10.2 Å². The zero-order valence-electron chi connectivity index (χ0n) is 17.7. The van der Waals surface area contributed by atoms with Crippen molar-refractivity contribution in [1.82, 2.24) is 19.7 Å². The van der Waals surface area contributed by atoms with Gasteiger partial charge in [-0.1, -0.05) is 47.6 Å². The fraction of sp³-hybridized carbons (Fsp3) is 0.348. The van der Waals surface area contributed by atoms with Crippen molar-refractivity contribution in [1.29, 1.82) is 0 Å². The first kappa shape index (κ1) is 21.9. The Morgan fingerprint density at radius 1 is 1.13 bits per heavy atom. The van der Waals surface area contributed by atoms with Crippen molar-refractivity contribution in [2.24, 2.45) is 0 Å². The van der Waals surface area contributed by atoms with E-state index in [1.54, 1.807) is 0 Å². The number of hydrogen-bond acceptors (Lipinski definition) is 5. The number of benzene rings is 2. The van der Waals surface area contributed by atoms with Crippen LogP contribution in [-0.4, -0.2) is 43.9 Å². The molecular formula is C23H26ClN5OS. The number of amides is 1. The maximum atomic E-state index is 12.9. The van der Waals surface area contributed by atoms with Crippen molar-refractivity contribution in [3.05, 3.63) is 64.9 Å². The van der Waals surface area contributed by atoms with Crippen molar-refractivity contribution in [2.45, 2.75) is 43.6 Å². The Kier molecular flexibility index (Phi) is 6.95. The van der Waals surface area contributed by atoms with Crippen LogP contribution in [0, 0.1) is 6.92 Å². The number of para-hydroxylation sites is 1. The minimum Gasteiger partial charge on any atom is -0.325 e. The monoisotopic (exact) mass is 455 g/mol. The molecule has 0 saturated carbocycles. The third-order valence-corrected chi connectivity index (χ3v) is 6.91. The number of anilines is 1. The molecule has 1 aromatic heterocycles. The molecule has 1 amide bonds. The number of carbonyl (C=O) groups excluding carboxylic acids is 1. The minimum absolute atomic E-state index is 0.0981. The maximum Gasteiger partial charge on any atom is 0.237 e. The molecule has 0 aliphatic carbocycles. The maximum absolute atomic E-state index is 12.9. The first-order chi connectivity index (χ1) is 15.0. The molecule has 0 radical (unpaired) electrons. The van der Waals surface area contributed by atoms with Crippen LogP contribution in [0.5, 0.6) is 0 Å². The molecule has 31 heavy (non-hydrogen) atoms. The SMILES string of the molecule is Cc1c(Cl)cccc1NC(=O)C(C)Sc1nnc(CN2CCCC2)n1-c1ccccc1. The number of hydrogen-bond donors (Lipinski definition) is 1. The van der Waals surface area contributed by atoms with Crippen LogP contribution in [0.3, 0.4) is 0 Å². The first-order valence-electron chi connectivity index (χ1n) is 10.5. The molecule has 2 aromatic carbocycles. The van der Waals surface area contributed by atoms with E-state index in [1.165, 1.54) is 24.6 Å². The Bertz CT molecular complexity index is 1050. The van der Waals surface area contributed by atoms with E-state index in [2.05, 4.69) is 25.0 Å². The van der Waals surface area contributed by atoms with Crippen molar-refractivity contribution in [2.75, 3.05) is 18.4 Å². The van der Waals surface area contributed by atoms with Gasteiger partial charge >= 0.3 is 0 Å². The molecule has 1 aliphatic heterocycles. The molecule has 0 bridgehead atoms. The Hall–Kier alpha value is -2.35. The largest absolute Gasteiger partial charge is 0.325 e. The van der Waals surface area contributed by atoms with Gasteiger partial charge in [-0.2, -0.15) is 0 Å². The second-order valence-electron chi connectivity index (χ2n) is 7.71.